The number of hydrogen-bond acceptors (Lipinski definition) is 6. The van der Waals surface area contributed by atoms with Gasteiger partial charge in [0, 0.05) is 31.7 Å². The van der Waals surface area contributed by atoms with Crippen molar-refractivity contribution in [3.63, 3.8) is 0 Å². The first-order chi connectivity index (χ1) is 16.2. The third kappa shape index (κ3) is 5.17. The quantitative estimate of drug-likeness (QED) is 0.485. The van der Waals surface area contributed by atoms with E-state index in [0.29, 0.717) is 42.8 Å². The molecule has 0 aliphatic carbocycles. The predicted molar refractivity (Wildman–Crippen MR) is 138 cm³/mol. The van der Waals surface area contributed by atoms with Gasteiger partial charge in [-0.25, -0.2) is 13.4 Å². The van der Waals surface area contributed by atoms with Crippen LogP contribution in [0.2, 0.25) is 0 Å². The number of aromatic nitrogens is 1. The van der Waals surface area contributed by atoms with Crippen molar-refractivity contribution in [2.24, 2.45) is 5.92 Å². The summed E-state index contributed by atoms with van der Waals surface area (Å²) >= 11 is 1.49. The lowest BCUT2D eigenvalue weighted by molar-refractivity contribution is 0.0985. The first-order valence-electron chi connectivity index (χ1n) is 11.6. The van der Waals surface area contributed by atoms with Gasteiger partial charge in [0.1, 0.15) is 0 Å². The number of likely N-dealkylation sites (N-methyl/N-ethyl adjacent to an activating group) is 1. The minimum atomic E-state index is -3.55. The summed E-state index contributed by atoms with van der Waals surface area (Å²) in [6, 6.07) is 12.3. The van der Waals surface area contributed by atoms with E-state index in [9.17, 15) is 13.2 Å². The minimum Gasteiger partial charge on any atom is -0.308 e. The maximum Gasteiger partial charge on any atom is 0.260 e. The molecule has 9 heteroatoms. The van der Waals surface area contributed by atoms with Crippen molar-refractivity contribution in [3.8, 4) is 0 Å². The number of amides is 1. The van der Waals surface area contributed by atoms with Crippen LogP contribution in [-0.2, 0) is 10.0 Å². The van der Waals surface area contributed by atoms with Gasteiger partial charge in [-0.2, -0.15) is 4.31 Å². The van der Waals surface area contributed by atoms with Crippen LogP contribution in [0.25, 0.3) is 10.2 Å². The number of carbonyl (C=O) groups excluding carboxylic acids is 1. The number of fused-ring (bicyclic) bond motifs is 1. The van der Waals surface area contributed by atoms with Crippen molar-refractivity contribution in [2.45, 2.75) is 31.6 Å². The van der Waals surface area contributed by atoms with Crippen LogP contribution in [0.15, 0.2) is 47.4 Å². The van der Waals surface area contributed by atoms with Gasteiger partial charge >= 0.3 is 0 Å². The Morgan fingerprint density at radius 1 is 1.09 bits per heavy atom. The zero-order valence-electron chi connectivity index (χ0n) is 20.2. The number of para-hydroxylation sites is 1. The lowest BCUT2D eigenvalue weighted by Gasteiger charge is -2.29. The number of nitrogens with zero attached hydrogens (tertiary/aromatic N) is 4. The lowest BCUT2D eigenvalue weighted by Crippen LogP contribution is -2.38. The average Bonchev–Trinajstić information content (AvgIpc) is 3.24. The molecule has 2 aromatic carbocycles. The van der Waals surface area contributed by atoms with E-state index in [1.54, 1.807) is 33.5 Å². The molecule has 1 aliphatic rings. The van der Waals surface area contributed by atoms with E-state index < -0.39 is 10.0 Å². The molecular weight excluding hydrogens is 468 g/mol. The van der Waals surface area contributed by atoms with Crippen LogP contribution in [0, 0.1) is 12.8 Å². The number of piperidine rings is 1. The fraction of sp³-hybridized carbons (Fsp3) is 0.440. The molecule has 0 bridgehead atoms. The summed E-state index contributed by atoms with van der Waals surface area (Å²) in [5.74, 6) is 0.361. The van der Waals surface area contributed by atoms with Gasteiger partial charge in [0.05, 0.1) is 15.1 Å². The highest BCUT2D eigenvalue weighted by Gasteiger charge is 2.29. The zero-order valence-corrected chi connectivity index (χ0v) is 21.8. The van der Waals surface area contributed by atoms with Crippen molar-refractivity contribution < 1.29 is 13.2 Å². The average molecular weight is 501 g/mol. The van der Waals surface area contributed by atoms with E-state index in [1.807, 2.05) is 44.1 Å². The summed E-state index contributed by atoms with van der Waals surface area (Å²) in [5, 5.41) is 0.648. The molecule has 1 aromatic heterocycles. The fourth-order valence-corrected chi connectivity index (χ4v) is 6.61. The number of aryl methyl sites for hydroxylation is 1. The highest BCUT2D eigenvalue weighted by molar-refractivity contribution is 7.89. The molecule has 1 amide bonds. The van der Waals surface area contributed by atoms with Crippen molar-refractivity contribution in [1.29, 1.82) is 0 Å². The van der Waals surface area contributed by atoms with Crippen LogP contribution >= 0.6 is 11.3 Å². The topological polar surface area (TPSA) is 73.8 Å². The molecule has 1 fully saturated rings. The van der Waals surface area contributed by atoms with Gasteiger partial charge in [-0.05, 0) is 75.7 Å². The smallest absolute Gasteiger partial charge is 0.260 e. The van der Waals surface area contributed by atoms with Gasteiger partial charge < -0.3 is 4.90 Å². The van der Waals surface area contributed by atoms with E-state index in [4.69, 9.17) is 4.98 Å². The number of rotatable bonds is 7. The summed E-state index contributed by atoms with van der Waals surface area (Å²) in [7, 11) is 0.376. The van der Waals surface area contributed by atoms with Crippen molar-refractivity contribution in [1.82, 2.24) is 14.2 Å². The standard InChI is InChI=1S/C25H32N4O3S2/c1-18-12-14-28(15-13-18)34(31,32)21-10-8-20(9-11-21)24(30)29(17-16-27(3)4)25-26-23-19(2)6-5-7-22(23)33-25/h5-11,18H,12-17H2,1-4H3. The summed E-state index contributed by atoms with van der Waals surface area (Å²) in [5.41, 5.74) is 2.42. The third-order valence-electron chi connectivity index (χ3n) is 6.34. The van der Waals surface area contributed by atoms with Crippen molar-refractivity contribution in [3.05, 3.63) is 53.6 Å². The molecule has 2 heterocycles. The van der Waals surface area contributed by atoms with Crippen LogP contribution in [0.5, 0.6) is 0 Å². The Bertz CT molecular complexity index is 1260. The Balaban J connectivity index is 1.60. The lowest BCUT2D eigenvalue weighted by atomic mass is 10.0. The Morgan fingerprint density at radius 2 is 1.76 bits per heavy atom. The van der Waals surface area contributed by atoms with Gasteiger partial charge in [0.15, 0.2) is 5.13 Å². The van der Waals surface area contributed by atoms with E-state index in [0.717, 1.165) is 28.6 Å². The molecule has 1 aliphatic heterocycles. The van der Waals surface area contributed by atoms with Crippen molar-refractivity contribution >= 4 is 42.6 Å². The van der Waals surface area contributed by atoms with Crippen LogP contribution < -0.4 is 4.90 Å². The molecule has 0 spiro atoms. The zero-order chi connectivity index (χ0) is 24.5. The number of sulfonamides is 1. The van der Waals surface area contributed by atoms with Crippen LogP contribution in [0.4, 0.5) is 5.13 Å². The van der Waals surface area contributed by atoms with Gasteiger partial charge in [-0.15, -0.1) is 0 Å². The van der Waals surface area contributed by atoms with Crippen LogP contribution in [-0.4, -0.2) is 68.8 Å². The van der Waals surface area contributed by atoms with E-state index in [2.05, 4.69) is 6.92 Å². The molecule has 0 atom stereocenters. The van der Waals surface area contributed by atoms with E-state index in [1.165, 1.54) is 11.3 Å². The predicted octanol–water partition coefficient (Wildman–Crippen LogP) is 4.23. The summed E-state index contributed by atoms with van der Waals surface area (Å²) in [6.07, 6.45) is 1.75. The molecule has 4 rings (SSSR count). The molecule has 34 heavy (non-hydrogen) atoms. The largest absolute Gasteiger partial charge is 0.308 e. The van der Waals surface area contributed by atoms with Gasteiger partial charge in [0.2, 0.25) is 10.0 Å². The number of benzene rings is 2. The third-order valence-corrected chi connectivity index (χ3v) is 9.29. The fourth-order valence-electron chi connectivity index (χ4n) is 4.07. The number of anilines is 1. The summed E-state index contributed by atoms with van der Waals surface area (Å²) in [4.78, 5) is 22.2. The molecule has 0 radical (unpaired) electrons. The van der Waals surface area contributed by atoms with Crippen molar-refractivity contribution in [2.75, 3.05) is 45.2 Å². The summed E-state index contributed by atoms with van der Waals surface area (Å²) in [6.45, 7) is 6.41. The number of hydrogen-bond donors (Lipinski definition) is 0. The molecule has 0 N–H and O–H groups in total. The first-order valence-corrected chi connectivity index (χ1v) is 13.9. The Hall–Kier alpha value is -2.33. The SMILES string of the molecule is Cc1cccc2sc(N(CCN(C)C)C(=O)c3ccc(S(=O)(=O)N4CCC(C)CC4)cc3)nc12. The first kappa shape index (κ1) is 24.8. The highest BCUT2D eigenvalue weighted by atomic mass is 32.2. The van der Waals surface area contributed by atoms with Gasteiger partial charge in [-0.1, -0.05) is 30.4 Å². The normalized spacial score (nSPS) is 15.8. The molecule has 3 aromatic rings. The Morgan fingerprint density at radius 3 is 2.38 bits per heavy atom. The van der Waals surface area contributed by atoms with Crippen LogP contribution in [0.1, 0.15) is 35.7 Å². The second-order valence-electron chi connectivity index (χ2n) is 9.29. The van der Waals surface area contributed by atoms with E-state index >= 15 is 0 Å². The number of thiazole rings is 1. The van der Waals surface area contributed by atoms with Crippen LogP contribution in [0.3, 0.4) is 0 Å². The summed E-state index contributed by atoms with van der Waals surface area (Å²) < 4.78 is 28.7. The monoisotopic (exact) mass is 500 g/mol. The van der Waals surface area contributed by atoms with Gasteiger partial charge in [0.25, 0.3) is 5.91 Å². The second-order valence-corrected chi connectivity index (χ2v) is 12.2. The van der Waals surface area contributed by atoms with E-state index in [-0.39, 0.29) is 10.8 Å². The minimum absolute atomic E-state index is 0.186. The number of carbonyl (C=O) groups is 1. The highest BCUT2D eigenvalue weighted by Crippen LogP contribution is 2.31. The molecule has 1 saturated heterocycles. The Kier molecular flexibility index (Phi) is 7.37. The second kappa shape index (κ2) is 10.1. The Labute approximate surface area is 206 Å². The molecule has 0 saturated carbocycles. The molecule has 0 unspecified atom stereocenters. The van der Waals surface area contributed by atoms with Gasteiger partial charge in [-0.3, -0.25) is 9.69 Å². The molecule has 7 nitrogen and oxygen atoms in total. The molecular formula is C25H32N4O3S2. The maximum atomic E-state index is 13.5. The molecule has 182 valence electrons. The maximum absolute atomic E-state index is 13.5.